The number of imidazole rings is 1. The van der Waals surface area contributed by atoms with Crippen molar-refractivity contribution in [2.45, 2.75) is 43.9 Å². The van der Waals surface area contributed by atoms with Crippen LogP contribution in [0.25, 0.3) is 11.2 Å². The highest BCUT2D eigenvalue weighted by Crippen LogP contribution is 2.34. The quantitative estimate of drug-likeness (QED) is 0.589. The number of benzene rings is 1. The van der Waals surface area contributed by atoms with Crippen LogP contribution in [0.2, 0.25) is 0 Å². The molecule has 2 fully saturated rings. The van der Waals surface area contributed by atoms with Crippen LogP contribution < -0.4 is 4.74 Å². The Balaban J connectivity index is 1.25. The van der Waals surface area contributed by atoms with Gasteiger partial charge in [-0.05, 0) is 67.5 Å². The van der Waals surface area contributed by atoms with Gasteiger partial charge in [-0.25, -0.2) is 9.97 Å². The van der Waals surface area contributed by atoms with Crippen molar-refractivity contribution in [1.29, 1.82) is 0 Å². The maximum absolute atomic E-state index is 12.9. The normalized spacial score (nSPS) is 18.4. The molecule has 0 atom stereocenters. The second-order valence-electron chi connectivity index (χ2n) is 8.75. The van der Waals surface area contributed by atoms with Gasteiger partial charge in [0, 0.05) is 44.0 Å². The summed E-state index contributed by atoms with van der Waals surface area (Å²) in [4.78, 5) is 27.3. The number of carbonyl (C=O) groups excluding carboxylic acids is 1. The number of ether oxygens (including phenoxy) is 2. The van der Waals surface area contributed by atoms with Crippen LogP contribution in [0, 0.1) is 0 Å². The Morgan fingerprint density at radius 2 is 1.74 bits per heavy atom. The number of carbonyl (C=O) groups is 1. The van der Waals surface area contributed by atoms with Crippen LogP contribution in [0.3, 0.4) is 0 Å². The summed E-state index contributed by atoms with van der Waals surface area (Å²) in [6, 6.07) is 7.08. The third-order valence-corrected chi connectivity index (χ3v) is 6.61. The first-order chi connectivity index (χ1) is 16.4. The van der Waals surface area contributed by atoms with Gasteiger partial charge in [0.2, 0.25) is 0 Å². The summed E-state index contributed by atoms with van der Waals surface area (Å²) < 4.78 is 46.4. The van der Waals surface area contributed by atoms with Gasteiger partial charge in [-0.2, -0.15) is 0 Å². The lowest BCUT2D eigenvalue weighted by Gasteiger charge is -2.32. The topological polar surface area (TPSA) is 80.3 Å². The molecule has 3 aromatic rings. The molecule has 0 saturated carbocycles. The van der Waals surface area contributed by atoms with E-state index in [0.717, 1.165) is 73.6 Å². The van der Waals surface area contributed by atoms with Crippen molar-refractivity contribution in [3.05, 3.63) is 53.5 Å². The van der Waals surface area contributed by atoms with Crippen LogP contribution in [0.5, 0.6) is 5.75 Å². The third kappa shape index (κ3) is 4.86. The number of piperidine rings is 1. The lowest BCUT2D eigenvalue weighted by Crippen LogP contribution is -2.38. The van der Waals surface area contributed by atoms with Gasteiger partial charge in [0.05, 0.1) is 5.52 Å². The molecule has 0 unspecified atom stereocenters. The number of amides is 1. The number of likely N-dealkylation sites (tertiary alicyclic amines) is 1. The largest absolute Gasteiger partial charge is 0.573 e. The highest BCUT2D eigenvalue weighted by molar-refractivity contribution is 5.94. The van der Waals surface area contributed by atoms with E-state index in [1.165, 1.54) is 12.1 Å². The Labute approximate surface area is 194 Å². The van der Waals surface area contributed by atoms with Gasteiger partial charge in [0.25, 0.3) is 5.91 Å². The highest BCUT2D eigenvalue weighted by Gasteiger charge is 2.31. The maximum Gasteiger partial charge on any atom is 0.573 e. The molecule has 1 amide bonds. The number of hydrogen-bond acceptors (Lipinski definition) is 5. The van der Waals surface area contributed by atoms with Crippen LogP contribution in [0.4, 0.5) is 13.2 Å². The minimum absolute atomic E-state index is 0.194. The lowest BCUT2D eigenvalue weighted by molar-refractivity contribution is -0.274. The molecule has 0 radical (unpaired) electrons. The van der Waals surface area contributed by atoms with Gasteiger partial charge < -0.3 is 19.4 Å². The van der Waals surface area contributed by atoms with Crippen LogP contribution in [-0.4, -0.2) is 58.4 Å². The summed E-state index contributed by atoms with van der Waals surface area (Å²) in [5, 5.41) is 0. The summed E-state index contributed by atoms with van der Waals surface area (Å²) in [5.41, 5.74) is 3.19. The van der Waals surface area contributed by atoms with Crippen molar-refractivity contribution >= 4 is 17.1 Å². The van der Waals surface area contributed by atoms with Crippen molar-refractivity contribution in [2.24, 2.45) is 0 Å². The predicted octanol–water partition coefficient (Wildman–Crippen LogP) is 4.77. The smallest absolute Gasteiger partial charge is 0.406 e. The molecular formula is C24H25F3N4O3. The van der Waals surface area contributed by atoms with Crippen molar-refractivity contribution in [3.63, 3.8) is 0 Å². The number of rotatable bonds is 4. The Morgan fingerprint density at radius 3 is 2.41 bits per heavy atom. The molecule has 0 spiro atoms. The molecule has 180 valence electrons. The summed E-state index contributed by atoms with van der Waals surface area (Å²) in [7, 11) is 0. The van der Waals surface area contributed by atoms with Crippen LogP contribution in [-0.2, 0) is 4.74 Å². The minimum atomic E-state index is -4.76. The molecule has 1 aromatic carbocycles. The number of nitrogens with zero attached hydrogens (tertiary/aromatic N) is 3. The molecule has 10 heteroatoms. The molecule has 1 N–H and O–H groups in total. The van der Waals surface area contributed by atoms with Gasteiger partial charge in [-0.1, -0.05) is 0 Å². The first kappa shape index (κ1) is 22.6. The van der Waals surface area contributed by atoms with E-state index in [4.69, 9.17) is 9.72 Å². The van der Waals surface area contributed by atoms with Gasteiger partial charge in [0.1, 0.15) is 11.6 Å². The van der Waals surface area contributed by atoms with Gasteiger partial charge >= 0.3 is 6.36 Å². The fraction of sp³-hybridized carbons (Fsp3) is 0.458. The Bertz CT molecular complexity index is 1150. The molecule has 2 saturated heterocycles. The molecular weight excluding hydrogens is 449 g/mol. The average molecular weight is 474 g/mol. The van der Waals surface area contributed by atoms with E-state index >= 15 is 0 Å². The number of pyridine rings is 1. The second-order valence-corrected chi connectivity index (χ2v) is 8.75. The molecule has 2 aromatic heterocycles. The number of halogens is 3. The van der Waals surface area contributed by atoms with Crippen molar-refractivity contribution in [1.82, 2.24) is 19.9 Å². The van der Waals surface area contributed by atoms with E-state index in [1.54, 1.807) is 11.1 Å². The number of aromatic nitrogens is 3. The highest BCUT2D eigenvalue weighted by atomic mass is 19.4. The number of H-pyrrole nitrogens is 1. The average Bonchev–Trinajstić information content (AvgIpc) is 3.28. The van der Waals surface area contributed by atoms with Crippen molar-refractivity contribution < 1.29 is 27.4 Å². The predicted molar refractivity (Wildman–Crippen MR) is 118 cm³/mol. The number of hydrogen-bond donors (Lipinski definition) is 1. The van der Waals surface area contributed by atoms with Gasteiger partial charge in [-0.3, -0.25) is 4.79 Å². The summed E-state index contributed by atoms with van der Waals surface area (Å²) in [5.74, 6) is 1.04. The van der Waals surface area contributed by atoms with E-state index < -0.39 is 6.36 Å². The fourth-order valence-electron chi connectivity index (χ4n) is 4.83. The minimum Gasteiger partial charge on any atom is -0.406 e. The number of alkyl halides is 3. The Morgan fingerprint density at radius 1 is 1.03 bits per heavy atom. The maximum atomic E-state index is 12.9. The Kier molecular flexibility index (Phi) is 6.16. The number of nitrogens with one attached hydrogen (secondary N) is 1. The summed E-state index contributed by atoms with van der Waals surface area (Å²) in [6.07, 6.45) is 0.482. The summed E-state index contributed by atoms with van der Waals surface area (Å²) >= 11 is 0. The zero-order chi connectivity index (χ0) is 23.7. The SMILES string of the molecule is O=C(c1ccc(OC(F)(F)F)cc1)N1CCC(c2ccnc3nc(C4CCOCC4)[nH]c23)CC1. The second kappa shape index (κ2) is 9.25. The standard InChI is InChI=1S/C24H25F3N4O3/c25-24(26,27)34-18-3-1-17(2-4-18)23(32)31-11-6-15(7-12-31)19-5-10-28-22-20(19)29-21(30-22)16-8-13-33-14-9-16/h1-5,10,15-16H,6-9,11-14H2,(H,28,29,30). The zero-order valence-electron chi connectivity index (χ0n) is 18.5. The van der Waals surface area contributed by atoms with E-state index in [9.17, 15) is 18.0 Å². The third-order valence-electron chi connectivity index (χ3n) is 6.61. The van der Waals surface area contributed by atoms with Crippen LogP contribution in [0.15, 0.2) is 36.5 Å². The van der Waals surface area contributed by atoms with Crippen LogP contribution in [0.1, 0.15) is 59.3 Å². The molecule has 0 aliphatic carbocycles. The van der Waals surface area contributed by atoms with E-state index in [2.05, 4.69) is 14.7 Å². The van der Waals surface area contributed by atoms with E-state index in [1.807, 2.05) is 6.07 Å². The molecule has 34 heavy (non-hydrogen) atoms. The van der Waals surface area contributed by atoms with Gasteiger partial charge in [-0.15, -0.1) is 13.2 Å². The molecule has 2 aliphatic rings. The molecule has 2 aliphatic heterocycles. The molecule has 5 rings (SSSR count). The van der Waals surface area contributed by atoms with Crippen LogP contribution >= 0.6 is 0 Å². The first-order valence-electron chi connectivity index (χ1n) is 11.4. The summed E-state index contributed by atoms with van der Waals surface area (Å²) in [6.45, 7) is 2.61. The monoisotopic (exact) mass is 474 g/mol. The zero-order valence-corrected chi connectivity index (χ0v) is 18.5. The Hall–Kier alpha value is -3.14. The van der Waals surface area contributed by atoms with E-state index in [0.29, 0.717) is 24.6 Å². The number of fused-ring (bicyclic) bond motifs is 1. The first-order valence-corrected chi connectivity index (χ1v) is 11.4. The van der Waals surface area contributed by atoms with Gasteiger partial charge in [0.15, 0.2) is 5.65 Å². The van der Waals surface area contributed by atoms with Crippen molar-refractivity contribution in [2.75, 3.05) is 26.3 Å². The molecule has 4 heterocycles. The van der Waals surface area contributed by atoms with E-state index in [-0.39, 0.29) is 17.6 Å². The van der Waals surface area contributed by atoms with Crippen molar-refractivity contribution in [3.8, 4) is 5.75 Å². The lowest BCUT2D eigenvalue weighted by atomic mass is 9.89. The molecule has 0 bridgehead atoms. The number of aromatic amines is 1. The fourth-order valence-corrected chi connectivity index (χ4v) is 4.83. The molecule has 7 nitrogen and oxygen atoms in total.